The van der Waals surface area contributed by atoms with Crippen LogP contribution in [0.3, 0.4) is 0 Å². The minimum Gasteiger partial charge on any atom is -0.377 e. The van der Waals surface area contributed by atoms with E-state index in [1.165, 1.54) is 0 Å². The number of anilines is 1. The lowest BCUT2D eigenvalue weighted by Gasteiger charge is -2.35. The van der Waals surface area contributed by atoms with E-state index in [2.05, 4.69) is 15.1 Å². The predicted octanol–water partition coefficient (Wildman–Crippen LogP) is 0.963. The molecule has 0 bridgehead atoms. The zero-order valence-corrected chi connectivity index (χ0v) is 16.1. The highest BCUT2D eigenvalue weighted by Crippen LogP contribution is 2.19. The maximum absolute atomic E-state index is 12.7. The van der Waals surface area contributed by atoms with E-state index < -0.39 is 10.0 Å². The molecule has 0 spiro atoms. The van der Waals surface area contributed by atoms with Gasteiger partial charge >= 0.3 is 6.03 Å². The van der Waals surface area contributed by atoms with Crippen molar-refractivity contribution in [2.24, 2.45) is 0 Å². The number of hydrogen-bond donors (Lipinski definition) is 2. The number of carbonyl (C=O) groups is 1. The number of ether oxygens (including phenoxy) is 1. The lowest BCUT2D eigenvalue weighted by Crippen LogP contribution is -2.54. The summed E-state index contributed by atoms with van der Waals surface area (Å²) in [5, 5.41) is 7.21. The van der Waals surface area contributed by atoms with E-state index in [-0.39, 0.29) is 25.2 Å². The number of amides is 2. The van der Waals surface area contributed by atoms with Crippen molar-refractivity contribution < 1.29 is 17.9 Å². The average Bonchev–Trinajstić information content (AvgIpc) is 3.01. The fourth-order valence-corrected chi connectivity index (χ4v) is 3.38. The smallest absolute Gasteiger partial charge is 0.322 e. The molecule has 27 heavy (non-hydrogen) atoms. The van der Waals surface area contributed by atoms with Crippen LogP contribution in [0.1, 0.15) is 5.69 Å². The number of carbonyl (C=O) groups excluding carboxylic acids is 1. The van der Waals surface area contributed by atoms with Gasteiger partial charge in [-0.2, -0.15) is 5.10 Å². The molecule has 0 saturated carbocycles. The summed E-state index contributed by atoms with van der Waals surface area (Å²) < 4.78 is 32.3. The van der Waals surface area contributed by atoms with Gasteiger partial charge in [0.05, 0.1) is 48.8 Å². The summed E-state index contributed by atoms with van der Waals surface area (Å²) in [6.45, 7) is 3.04. The number of benzene rings is 1. The molecule has 0 radical (unpaired) electrons. The van der Waals surface area contributed by atoms with Gasteiger partial charge in [0.15, 0.2) is 0 Å². The monoisotopic (exact) mass is 393 g/mol. The largest absolute Gasteiger partial charge is 0.377 e. The number of para-hydroxylation sites is 1. The van der Waals surface area contributed by atoms with Gasteiger partial charge in [-0.3, -0.25) is 0 Å². The molecule has 1 aliphatic heterocycles. The quantitative estimate of drug-likeness (QED) is 0.787. The number of aromatic nitrogens is 2. The molecular weight excluding hydrogens is 370 g/mol. The Hall–Kier alpha value is -2.43. The molecule has 2 heterocycles. The number of nitrogens with zero attached hydrogens (tertiary/aromatic N) is 3. The first-order chi connectivity index (χ1) is 12.8. The average molecular weight is 393 g/mol. The van der Waals surface area contributed by atoms with E-state index in [4.69, 9.17) is 4.74 Å². The first-order valence-electron chi connectivity index (χ1n) is 8.55. The molecule has 1 aromatic carbocycles. The van der Waals surface area contributed by atoms with Gasteiger partial charge in [-0.15, -0.1) is 0 Å². The van der Waals surface area contributed by atoms with Gasteiger partial charge in [0, 0.05) is 13.1 Å². The zero-order chi connectivity index (χ0) is 19.4. The van der Waals surface area contributed by atoms with Gasteiger partial charge in [-0.1, -0.05) is 18.2 Å². The third-order valence-electron chi connectivity index (χ3n) is 4.32. The van der Waals surface area contributed by atoms with Crippen LogP contribution in [0.15, 0.2) is 36.5 Å². The normalized spacial score (nSPS) is 17.7. The van der Waals surface area contributed by atoms with E-state index in [0.717, 1.165) is 17.6 Å². The number of rotatable bonds is 5. The van der Waals surface area contributed by atoms with Crippen LogP contribution in [0.5, 0.6) is 0 Å². The van der Waals surface area contributed by atoms with Gasteiger partial charge in [-0.05, 0) is 19.1 Å². The highest BCUT2D eigenvalue weighted by molar-refractivity contribution is 7.88. The Morgan fingerprint density at radius 3 is 2.78 bits per heavy atom. The van der Waals surface area contributed by atoms with Crippen LogP contribution in [0.4, 0.5) is 10.5 Å². The maximum atomic E-state index is 12.7. The summed E-state index contributed by atoms with van der Waals surface area (Å²) >= 11 is 0. The Morgan fingerprint density at radius 1 is 1.33 bits per heavy atom. The van der Waals surface area contributed by atoms with Crippen LogP contribution in [0, 0.1) is 6.92 Å². The Bertz CT molecular complexity index is 897. The van der Waals surface area contributed by atoms with Crippen molar-refractivity contribution in [1.29, 1.82) is 0 Å². The van der Waals surface area contributed by atoms with Gasteiger partial charge < -0.3 is 15.0 Å². The highest BCUT2D eigenvalue weighted by atomic mass is 32.2. The van der Waals surface area contributed by atoms with Gasteiger partial charge in [0.2, 0.25) is 10.0 Å². The second kappa shape index (κ2) is 8.07. The molecule has 1 atom stereocenters. The second-order valence-corrected chi connectivity index (χ2v) is 8.20. The molecule has 1 unspecified atom stereocenters. The van der Waals surface area contributed by atoms with E-state index >= 15 is 0 Å². The van der Waals surface area contributed by atoms with Crippen molar-refractivity contribution in [1.82, 2.24) is 19.4 Å². The molecule has 2 N–H and O–H groups in total. The number of hydrogen-bond acceptors (Lipinski definition) is 5. The highest BCUT2D eigenvalue weighted by Gasteiger charge is 2.28. The molecule has 1 fully saturated rings. The van der Waals surface area contributed by atoms with Crippen LogP contribution in [0.25, 0.3) is 5.69 Å². The molecule has 3 rings (SSSR count). The van der Waals surface area contributed by atoms with Crippen LogP contribution in [-0.2, 0) is 14.8 Å². The van der Waals surface area contributed by atoms with Crippen molar-refractivity contribution in [3.63, 3.8) is 0 Å². The molecular formula is C17H23N5O4S. The van der Waals surface area contributed by atoms with Crippen molar-refractivity contribution in [3.8, 4) is 5.69 Å². The fourth-order valence-electron chi connectivity index (χ4n) is 2.89. The number of morpholine rings is 1. The second-order valence-electron chi connectivity index (χ2n) is 6.36. The van der Waals surface area contributed by atoms with Crippen LogP contribution in [0.2, 0.25) is 0 Å². The lowest BCUT2D eigenvalue weighted by atomic mass is 10.2. The number of nitrogens with one attached hydrogen (secondary N) is 2. The third-order valence-corrected chi connectivity index (χ3v) is 5.01. The summed E-state index contributed by atoms with van der Waals surface area (Å²) in [4.78, 5) is 14.3. The lowest BCUT2D eigenvalue weighted by molar-refractivity contribution is 0.0176. The SMILES string of the molecule is Cc1c(NC(=O)N2CCOCC2CNS(C)(=O)=O)cnn1-c1ccccc1. The summed E-state index contributed by atoms with van der Waals surface area (Å²) in [5.41, 5.74) is 2.30. The van der Waals surface area contributed by atoms with Crippen molar-refractivity contribution in [2.45, 2.75) is 13.0 Å². The van der Waals surface area contributed by atoms with E-state index in [9.17, 15) is 13.2 Å². The summed E-state index contributed by atoms with van der Waals surface area (Å²) in [7, 11) is -3.34. The standard InChI is InChI=1S/C17H23N5O4S/c1-13-16(11-18-22(13)14-6-4-3-5-7-14)20-17(23)21-8-9-26-12-15(21)10-19-27(2,24)25/h3-7,11,15,19H,8-10,12H2,1-2H3,(H,20,23). The predicted molar refractivity (Wildman–Crippen MR) is 101 cm³/mol. The van der Waals surface area contributed by atoms with Gasteiger partial charge in [0.1, 0.15) is 0 Å². The van der Waals surface area contributed by atoms with E-state index in [1.807, 2.05) is 37.3 Å². The Labute approximate surface area is 158 Å². The molecule has 2 aromatic rings. The van der Waals surface area contributed by atoms with Gasteiger partial charge in [-0.25, -0.2) is 22.6 Å². The zero-order valence-electron chi connectivity index (χ0n) is 15.3. The number of sulfonamides is 1. The molecule has 146 valence electrons. The number of urea groups is 1. The Morgan fingerprint density at radius 2 is 2.07 bits per heavy atom. The van der Waals surface area contributed by atoms with Crippen LogP contribution >= 0.6 is 0 Å². The minimum absolute atomic E-state index is 0.106. The minimum atomic E-state index is -3.34. The van der Waals surface area contributed by atoms with Crippen molar-refractivity contribution >= 4 is 21.7 Å². The first kappa shape index (κ1) is 19.3. The summed E-state index contributed by atoms with van der Waals surface area (Å²) in [6, 6.07) is 8.94. The van der Waals surface area contributed by atoms with Crippen molar-refractivity contribution in [3.05, 3.63) is 42.2 Å². The van der Waals surface area contributed by atoms with Crippen molar-refractivity contribution in [2.75, 3.05) is 37.9 Å². The fraction of sp³-hybridized carbons (Fsp3) is 0.412. The third kappa shape index (κ3) is 4.85. The molecule has 1 aliphatic rings. The summed E-state index contributed by atoms with van der Waals surface area (Å²) in [6.07, 6.45) is 2.69. The maximum Gasteiger partial charge on any atom is 0.322 e. The Balaban J connectivity index is 1.71. The molecule has 10 heteroatoms. The molecule has 9 nitrogen and oxygen atoms in total. The first-order valence-corrected chi connectivity index (χ1v) is 10.4. The molecule has 2 amide bonds. The molecule has 1 aromatic heterocycles. The summed E-state index contributed by atoms with van der Waals surface area (Å²) in [5.74, 6) is 0. The van der Waals surface area contributed by atoms with Gasteiger partial charge in [0.25, 0.3) is 0 Å². The molecule has 0 aliphatic carbocycles. The van der Waals surface area contributed by atoms with Crippen LogP contribution < -0.4 is 10.0 Å². The topological polar surface area (TPSA) is 106 Å². The van der Waals surface area contributed by atoms with Crippen LogP contribution in [-0.4, -0.2) is 67.7 Å². The van der Waals surface area contributed by atoms with E-state index in [0.29, 0.717) is 18.8 Å². The Kier molecular flexibility index (Phi) is 5.78. The van der Waals surface area contributed by atoms with E-state index in [1.54, 1.807) is 15.8 Å². The molecule has 1 saturated heterocycles.